The summed E-state index contributed by atoms with van der Waals surface area (Å²) in [6, 6.07) is 18.8. The first-order valence-corrected chi connectivity index (χ1v) is 5.43. The van der Waals surface area contributed by atoms with E-state index in [1.165, 1.54) is 15.6 Å². The van der Waals surface area contributed by atoms with Gasteiger partial charge in [0.05, 0.1) is 0 Å². The first-order chi connectivity index (χ1) is 6.86. The van der Waals surface area contributed by atoms with Crippen LogP contribution in [0.1, 0.15) is 11.1 Å². The van der Waals surface area contributed by atoms with Gasteiger partial charge in [0, 0.05) is 4.47 Å². The molecule has 15 heavy (non-hydrogen) atoms. The lowest BCUT2D eigenvalue weighted by molar-refractivity contribution is 1.18. The standard InChI is InChI=1S/C13H11Br.Mg.2H/c14-13-9-5-4-8-12(13)10-11-6-2-1-3-7-11;;;/h1-9H,10H2;;;. The second-order valence-electron chi connectivity index (χ2n) is 3.25. The molecule has 2 aromatic rings. The quantitative estimate of drug-likeness (QED) is 0.738. The first kappa shape index (κ1) is 12.8. The predicted octanol–water partition coefficient (Wildman–Crippen LogP) is 3.12. The van der Waals surface area contributed by atoms with Crippen molar-refractivity contribution in [1.82, 2.24) is 0 Å². The minimum Gasteiger partial charge on any atom is -0.0622 e. The van der Waals surface area contributed by atoms with Crippen molar-refractivity contribution in [2.45, 2.75) is 6.42 Å². The van der Waals surface area contributed by atoms with Crippen LogP contribution < -0.4 is 0 Å². The zero-order valence-corrected chi connectivity index (χ0v) is 9.37. The van der Waals surface area contributed by atoms with Gasteiger partial charge in [-0.15, -0.1) is 0 Å². The molecule has 0 amide bonds. The first-order valence-electron chi connectivity index (χ1n) is 4.63. The summed E-state index contributed by atoms with van der Waals surface area (Å²) in [4.78, 5) is 0. The molecule has 0 saturated heterocycles. The Labute approximate surface area is 115 Å². The van der Waals surface area contributed by atoms with Crippen molar-refractivity contribution >= 4 is 39.0 Å². The molecule has 0 saturated carbocycles. The van der Waals surface area contributed by atoms with Crippen molar-refractivity contribution in [1.29, 1.82) is 0 Å². The predicted molar refractivity (Wildman–Crippen MR) is 71.9 cm³/mol. The molecule has 0 unspecified atom stereocenters. The SMILES string of the molecule is Brc1ccccc1Cc1ccccc1.[MgH2]. The van der Waals surface area contributed by atoms with E-state index in [0.717, 1.165) is 6.42 Å². The fraction of sp³-hybridized carbons (Fsp3) is 0.0769. The summed E-state index contributed by atoms with van der Waals surface area (Å²) in [7, 11) is 0. The van der Waals surface area contributed by atoms with Gasteiger partial charge in [-0.3, -0.25) is 0 Å². The highest BCUT2D eigenvalue weighted by Crippen LogP contribution is 2.19. The molecule has 74 valence electrons. The lowest BCUT2D eigenvalue weighted by Crippen LogP contribution is -1.88. The van der Waals surface area contributed by atoms with E-state index in [0.29, 0.717) is 0 Å². The molecule has 0 aliphatic rings. The number of benzene rings is 2. The summed E-state index contributed by atoms with van der Waals surface area (Å²) in [6.07, 6.45) is 0.988. The zero-order chi connectivity index (χ0) is 9.80. The number of hydrogen-bond donors (Lipinski definition) is 0. The summed E-state index contributed by atoms with van der Waals surface area (Å²) in [5.74, 6) is 0. The third-order valence-corrected chi connectivity index (χ3v) is 2.97. The van der Waals surface area contributed by atoms with E-state index in [4.69, 9.17) is 0 Å². The molecule has 2 rings (SSSR count). The maximum atomic E-state index is 3.55. The van der Waals surface area contributed by atoms with Gasteiger partial charge >= 0.3 is 23.1 Å². The third kappa shape index (κ3) is 3.63. The van der Waals surface area contributed by atoms with E-state index in [9.17, 15) is 0 Å². The number of halogens is 1. The van der Waals surface area contributed by atoms with Crippen LogP contribution >= 0.6 is 15.9 Å². The number of hydrogen-bond acceptors (Lipinski definition) is 0. The summed E-state index contributed by atoms with van der Waals surface area (Å²) in [5.41, 5.74) is 2.68. The van der Waals surface area contributed by atoms with Crippen LogP contribution in [0.5, 0.6) is 0 Å². The molecule has 0 fully saturated rings. The molecular formula is C13H13BrMg. The van der Waals surface area contributed by atoms with Crippen molar-refractivity contribution in [3.05, 3.63) is 70.2 Å². The molecule has 0 nitrogen and oxygen atoms in total. The van der Waals surface area contributed by atoms with Gasteiger partial charge in [0.2, 0.25) is 0 Å². The van der Waals surface area contributed by atoms with Gasteiger partial charge in [-0.25, -0.2) is 0 Å². The van der Waals surface area contributed by atoms with Gasteiger partial charge in [0.1, 0.15) is 0 Å². The second-order valence-corrected chi connectivity index (χ2v) is 4.11. The summed E-state index contributed by atoms with van der Waals surface area (Å²) in [5, 5.41) is 0. The Bertz CT molecular complexity index is 412. The highest BCUT2D eigenvalue weighted by atomic mass is 79.9. The van der Waals surface area contributed by atoms with Crippen LogP contribution in [0.15, 0.2) is 59.1 Å². The molecule has 2 aromatic carbocycles. The van der Waals surface area contributed by atoms with Crippen molar-refractivity contribution in [3.63, 3.8) is 0 Å². The van der Waals surface area contributed by atoms with Gasteiger partial charge in [-0.2, -0.15) is 0 Å². The fourth-order valence-corrected chi connectivity index (χ4v) is 1.88. The second kappa shape index (κ2) is 6.31. The molecule has 0 heterocycles. The lowest BCUT2D eigenvalue weighted by Gasteiger charge is -2.03. The smallest absolute Gasteiger partial charge is 0.0622 e. The maximum absolute atomic E-state index is 3.55. The number of rotatable bonds is 2. The van der Waals surface area contributed by atoms with Crippen LogP contribution in [0.25, 0.3) is 0 Å². The summed E-state index contributed by atoms with van der Waals surface area (Å²) in [6.45, 7) is 0. The van der Waals surface area contributed by atoms with E-state index in [1.807, 2.05) is 12.1 Å². The normalized spacial score (nSPS) is 9.40. The Morgan fingerprint density at radius 3 is 2.07 bits per heavy atom. The molecule has 0 spiro atoms. The van der Waals surface area contributed by atoms with E-state index >= 15 is 0 Å². The molecule has 0 bridgehead atoms. The van der Waals surface area contributed by atoms with Gasteiger partial charge in [-0.1, -0.05) is 64.5 Å². The summed E-state index contributed by atoms with van der Waals surface area (Å²) < 4.78 is 1.18. The fourth-order valence-electron chi connectivity index (χ4n) is 1.46. The minimum atomic E-state index is 0. The van der Waals surface area contributed by atoms with Crippen LogP contribution in [-0.2, 0) is 6.42 Å². The Morgan fingerprint density at radius 2 is 1.40 bits per heavy atom. The molecule has 0 aromatic heterocycles. The van der Waals surface area contributed by atoms with E-state index < -0.39 is 0 Å². The monoisotopic (exact) mass is 272 g/mol. The maximum Gasteiger partial charge on any atom is 0.316 e. The molecular weight excluding hydrogens is 260 g/mol. The van der Waals surface area contributed by atoms with Crippen LogP contribution in [0.3, 0.4) is 0 Å². The molecule has 0 atom stereocenters. The van der Waals surface area contributed by atoms with Gasteiger partial charge < -0.3 is 0 Å². The Hall–Kier alpha value is -0.314. The van der Waals surface area contributed by atoms with Crippen molar-refractivity contribution < 1.29 is 0 Å². The van der Waals surface area contributed by atoms with Crippen molar-refractivity contribution in [3.8, 4) is 0 Å². The Morgan fingerprint density at radius 1 is 0.800 bits per heavy atom. The molecule has 2 heteroatoms. The zero-order valence-electron chi connectivity index (χ0n) is 7.78. The van der Waals surface area contributed by atoms with Gasteiger partial charge in [0.25, 0.3) is 0 Å². The summed E-state index contributed by atoms with van der Waals surface area (Å²) >= 11 is 3.55. The van der Waals surface area contributed by atoms with Crippen molar-refractivity contribution in [2.24, 2.45) is 0 Å². The van der Waals surface area contributed by atoms with Gasteiger partial charge in [-0.05, 0) is 23.6 Å². The average Bonchev–Trinajstić information content (AvgIpc) is 2.23. The van der Waals surface area contributed by atoms with Gasteiger partial charge in [0.15, 0.2) is 0 Å². The van der Waals surface area contributed by atoms with Crippen LogP contribution in [0.2, 0.25) is 0 Å². The van der Waals surface area contributed by atoms with Crippen LogP contribution in [-0.4, -0.2) is 23.1 Å². The highest BCUT2D eigenvalue weighted by molar-refractivity contribution is 9.10. The Kier molecular flexibility index (Phi) is 5.36. The van der Waals surface area contributed by atoms with E-state index in [1.54, 1.807) is 0 Å². The molecule has 0 aliphatic carbocycles. The topological polar surface area (TPSA) is 0 Å². The molecule has 0 radical (unpaired) electrons. The molecule has 0 N–H and O–H groups in total. The molecule has 0 aliphatic heterocycles. The third-order valence-electron chi connectivity index (χ3n) is 2.20. The average molecular weight is 273 g/mol. The minimum absolute atomic E-state index is 0. The lowest BCUT2D eigenvalue weighted by atomic mass is 10.1. The largest absolute Gasteiger partial charge is 0.316 e. The van der Waals surface area contributed by atoms with Crippen LogP contribution in [0.4, 0.5) is 0 Å². The van der Waals surface area contributed by atoms with Crippen molar-refractivity contribution in [2.75, 3.05) is 0 Å². The van der Waals surface area contributed by atoms with Crippen LogP contribution in [0, 0.1) is 0 Å². The van der Waals surface area contributed by atoms with E-state index in [2.05, 4.69) is 58.4 Å². The Balaban J connectivity index is 0.00000112. The highest BCUT2D eigenvalue weighted by Gasteiger charge is 1.98. The van der Waals surface area contributed by atoms with E-state index in [-0.39, 0.29) is 23.1 Å².